The molecule has 0 spiro atoms. The second-order valence-corrected chi connectivity index (χ2v) is 4.14. The Labute approximate surface area is 107 Å². The van der Waals surface area contributed by atoms with E-state index in [1.807, 2.05) is 24.3 Å². The fraction of sp³-hybridized carbons (Fsp3) is 0.357. The third-order valence-corrected chi connectivity index (χ3v) is 2.64. The lowest BCUT2D eigenvalue weighted by atomic mass is 10.1. The van der Waals surface area contributed by atoms with Gasteiger partial charge in [0.15, 0.2) is 0 Å². The first kappa shape index (κ1) is 12.6. The number of pyridine rings is 1. The number of anilines is 1. The molecule has 1 aromatic heterocycles. The molecule has 0 atom stereocenters. The summed E-state index contributed by atoms with van der Waals surface area (Å²) in [7, 11) is 1.64. The van der Waals surface area contributed by atoms with E-state index >= 15 is 0 Å². The van der Waals surface area contributed by atoms with Crippen LogP contribution in [0.3, 0.4) is 0 Å². The zero-order valence-corrected chi connectivity index (χ0v) is 10.8. The zero-order valence-electron chi connectivity index (χ0n) is 10.8. The quantitative estimate of drug-likeness (QED) is 0.881. The van der Waals surface area contributed by atoms with Crippen molar-refractivity contribution in [3.05, 3.63) is 30.0 Å². The largest absolute Gasteiger partial charge is 0.491 e. The number of ether oxygens (including phenoxy) is 2. The first-order chi connectivity index (χ1) is 8.76. The summed E-state index contributed by atoms with van der Waals surface area (Å²) >= 11 is 0. The van der Waals surface area contributed by atoms with Gasteiger partial charge in [0.1, 0.15) is 11.3 Å². The molecular weight excluding hydrogens is 228 g/mol. The minimum atomic E-state index is 0.447. The van der Waals surface area contributed by atoms with E-state index in [2.05, 4.69) is 11.9 Å². The van der Waals surface area contributed by atoms with Gasteiger partial charge in [0.2, 0.25) is 0 Å². The maximum atomic E-state index is 6.03. The molecule has 18 heavy (non-hydrogen) atoms. The summed E-state index contributed by atoms with van der Waals surface area (Å²) in [6.07, 6.45) is 0.962. The van der Waals surface area contributed by atoms with Gasteiger partial charge >= 0.3 is 0 Å². The molecule has 0 radical (unpaired) electrons. The van der Waals surface area contributed by atoms with Gasteiger partial charge < -0.3 is 15.2 Å². The lowest BCUT2D eigenvalue weighted by Gasteiger charge is -2.10. The van der Waals surface area contributed by atoms with Crippen LogP contribution in [0.2, 0.25) is 0 Å². The van der Waals surface area contributed by atoms with Crippen LogP contribution in [0.1, 0.15) is 19.0 Å². The fourth-order valence-corrected chi connectivity index (χ4v) is 1.85. The topological polar surface area (TPSA) is 57.4 Å². The van der Waals surface area contributed by atoms with Crippen molar-refractivity contribution in [2.75, 3.05) is 19.5 Å². The predicted octanol–water partition coefficient (Wildman–Crippen LogP) is 2.75. The van der Waals surface area contributed by atoms with Crippen LogP contribution in [0.15, 0.2) is 24.3 Å². The Kier molecular flexibility index (Phi) is 3.99. The molecule has 4 nitrogen and oxygen atoms in total. The summed E-state index contributed by atoms with van der Waals surface area (Å²) in [5.41, 5.74) is 8.36. The molecular formula is C14H18N2O2. The minimum Gasteiger partial charge on any atom is -0.491 e. The molecule has 1 heterocycles. The molecule has 1 aromatic carbocycles. The molecule has 0 amide bonds. The van der Waals surface area contributed by atoms with Crippen LogP contribution < -0.4 is 10.5 Å². The summed E-state index contributed by atoms with van der Waals surface area (Å²) in [5.74, 6) is 0.777. The van der Waals surface area contributed by atoms with E-state index in [0.29, 0.717) is 18.9 Å². The van der Waals surface area contributed by atoms with E-state index in [1.165, 1.54) is 0 Å². The second-order valence-electron chi connectivity index (χ2n) is 4.14. The zero-order chi connectivity index (χ0) is 13.0. The minimum absolute atomic E-state index is 0.447. The predicted molar refractivity (Wildman–Crippen MR) is 72.7 cm³/mol. The van der Waals surface area contributed by atoms with Gasteiger partial charge in [0, 0.05) is 18.2 Å². The Balaban J connectivity index is 2.51. The number of methoxy groups -OCH3 is 1. The average Bonchev–Trinajstić information content (AvgIpc) is 2.37. The Morgan fingerprint density at radius 1 is 1.33 bits per heavy atom. The van der Waals surface area contributed by atoms with Crippen LogP contribution in [-0.2, 0) is 11.3 Å². The van der Waals surface area contributed by atoms with Gasteiger partial charge in [-0.25, -0.2) is 4.98 Å². The molecule has 0 aliphatic heterocycles. The van der Waals surface area contributed by atoms with Crippen molar-refractivity contribution in [3.63, 3.8) is 0 Å². The van der Waals surface area contributed by atoms with Crippen LogP contribution in [0.4, 0.5) is 5.69 Å². The summed E-state index contributed by atoms with van der Waals surface area (Å²) in [4.78, 5) is 4.55. The van der Waals surface area contributed by atoms with Gasteiger partial charge in [-0.1, -0.05) is 19.1 Å². The first-order valence-electron chi connectivity index (χ1n) is 6.06. The molecule has 2 aromatic rings. The van der Waals surface area contributed by atoms with Crippen LogP contribution in [0.5, 0.6) is 5.75 Å². The highest BCUT2D eigenvalue weighted by molar-refractivity contribution is 5.94. The summed E-state index contributed by atoms with van der Waals surface area (Å²) in [6, 6.07) is 7.64. The van der Waals surface area contributed by atoms with Gasteiger partial charge in [-0.3, -0.25) is 0 Å². The van der Waals surface area contributed by atoms with Crippen molar-refractivity contribution in [2.24, 2.45) is 0 Å². The number of hydrogen-bond acceptors (Lipinski definition) is 4. The van der Waals surface area contributed by atoms with Crippen molar-refractivity contribution in [1.29, 1.82) is 0 Å². The van der Waals surface area contributed by atoms with Gasteiger partial charge in [0.05, 0.1) is 18.9 Å². The summed E-state index contributed by atoms with van der Waals surface area (Å²) < 4.78 is 10.8. The Bertz CT molecular complexity index is 541. The normalized spacial score (nSPS) is 10.8. The highest BCUT2D eigenvalue weighted by Gasteiger charge is 2.08. The number of hydrogen-bond donors (Lipinski definition) is 1. The Hall–Kier alpha value is -1.81. The lowest BCUT2D eigenvalue weighted by Crippen LogP contribution is -2.01. The Morgan fingerprint density at radius 3 is 2.89 bits per heavy atom. The van der Waals surface area contributed by atoms with Crippen molar-refractivity contribution >= 4 is 16.6 Å². The molecule has 0 fully saturated rings. The monoisotopic (exact) mass is 246 g/mol. The number of nitrogens with zero attached hydrogens (tertiary/aromatic N) is 1. The number of nitrogens with two attached hydrogens (primary N) is 1. The van der Waals surface area contributed by atoms with Crippen molar-refractivity contribution in [3.8, 4) is 5.75 Å². The maximum absolute atomic E-state index is 6.03. The highest BCUT2D eigenvalue weighted by atomic mass is 16.5. The third kappa shape index (κ3) is 2.54. The lowest BCUT2D eigenvalue weighted by molar-refractivity contribution is 0.182. The van der Waals surface area contributed by atoms with Gasteiger partial charge in [-0.05, 0) is 18.6 Å². The third-order valence-electron chi connectivity index (χ3n) is 2.64. The maximum Gasteiger partial charge on any atom is 0.145 e. The van der Waals surface area contributed by atoms with Gasteiger partial charge in [-0.2, -0.15) is 0 Å². The Morgan fingerprint density at radius 2 is 2.17 bits per heavy atom. The summed E-state index contributed by atoms with van der Waals surface area (Å²) in [6.45, 7) is 3.20. The van der Waals surface area contributed by atoms with Crippen LogP contribution >= 0.6 is 0 Å². The van der Waals surface area contributed by atoms with Gasteiger partial charge in [-0.15, -0.1) is 0 Å². The van der Waals surface area contributed by atoms with E-state index in [-0.39, 0.29) is 0 Å². The van der Waals surface area contributed by atoms with Crippen molar-refractivity contribution < 1.29 is 9.47 Å². The highest BCUT2D eigenvalue weighted by Crippen LogP contribution is 2.28. The molecule has 0 saturated carbocycles. The number of para-hydroxylation sites is 1. The van der Waals surface area contributed by atoms with E-state index in [1.54, 1.807) is 7.11 Å². The molecule has 2 N–H and O–H groups in total. The number of nitrogen functional groups attached to an aromatic ring is 1. The average molecular weight is 246 g/mol. The number of rotatable bonds is 5. The van der Waals surface area contributed by atoms with Gasteiger partial charge in [0.25, 0.3) is 0 Å². The summed E-state index contributed by atoms with van der Waals surface area (Å²) in [5, 5.41) is 0.920. The molecule has 0 bridgehead atoms. The molecule has 96 valence electrons. The molecule has 2 rings (SSSR count). The first-order valence-corrected chi connectivity index (χ1v) is 6.06. The van der Waals surface area contributed by atoms with Crippen LogP contribution in [0.25, 0.3) is 10.9 Å². The number of fused-ring (bicyclic) bond motifs is 1. The van der Waals surface area contributed by atoms with Crippen molar-refractivity contribution in [2.45, 2.75) is 20.0 Å². The molecule has 0 aliphatic rings. The number of benzene rings is 1. The SMILES string of the molecule is CCCOc1cccc2c(N)cc(COC)nc12. The molecule has 4 heteroatoms. The fourth-order valence-electron chi connectivity index (χ4n) is 1.85. The van der Waals surface area contributed by atoms with E-state index in [4.69, 9.17) is 15.2 Å². The van der Waals surface area contributed by atoms with E-state index < -0.39 is 0 Å². The molecule has 0 unspecified atom stereocenters. The second kappa shape index (κ2) is 5.69. The van der Waals surface area contributed by atoms with Crippen molar-refractivity contribution in [1.82, 2.24) is 4.98 Å². The molecule has 0 aliphatic carbocycles. The van der Waals surface area contributed by atoms with Crippen LogP contribution in [-0.4, -0.2) is 18.7 Å². The smallest absolute Gasteiger partial charge is 0.145 e. The van der Waals surface area contributed by atoms with E-state index in [9.17, 15) is 0 Å². The standard InChI is InChI=1S/C14H18N2O2/c1-3-7-18-13-6-4-5-11-12(15)8-10(9-17-2)16-14(11)13/h4-6,8H,3,7,9H2,1-2H3,(H2,15,16). The number of aromatic nitrogens is 1. The van der Waals surface area contributed by atoms with Crippen LogP contribution in [0, 0.1) is 0 Å². The molecule has 0 saturated heterocycles. The van der Waals surface area contributed by atoms with E-state index in [0.717, 1.165) is 28.8 Å².